The van der Waals surface area contributed by atoms with Gasteiger partial charge in [-0.3, -0.25) is 22.8 Å². The number of amidine groups is 1. The van der Waals surface area contributed by atoms with Gasteiger partial charge in [0.2, 0.25) is 17.2 Å². The van der Waals surface area contributed by atoms with Crippen molar-refractivity contribution in [2.75, 3.05) is 23.0 Å². The minimum absolute atomic E-state index is 0. The maximum Gasteiger partial charge on any atom is 0.397 e. The number of aromatic hydroxyl groups is 2. The van der Waals surface area contributed by atoms with E-state index < -0.39 is 166 Å². The van der Waals surface area contributed by atoms with Gasteiger partial charge in [0.25, 0.3) is 40.5 Å². The molecule has 381 valence electrons. The average molecular weight is 1170 g/mol. The van der Waals surface area contributed by atoms with Crippen LogP contribution in [0.2, 0.25) is 5.28 Å². The molecular formula is C31H25ClCuN9O22S6-. The summed E-state index contributed by atoms with van der Waals surface area (Å²) in [5, 5.41) is 46.4. The van der Waals surface area contributed by atoms with Gasteiger partial charge in [0.15, 0.2) is 21.4 Å². The van der Waals surface area contributed by atoms with Gasteiger partial charge in [-0.05, 0) is 72.3 Å². The molecule has 0 amide bonds. The van der Waals surface area contributed by atoms with Gasteiger partial charge in [0.05, 0.1) is 48.9 Å². The Labute approximate surface area is 408 Å². The summed E-state index contributed by atoms with van der Waals surface area (Å²) < 4.78 is 195. The van der Waals surface area contributed by atoms with E-state index in [1.165, 1.54) is 0 Å². The summed E-state index contributed by atoms with van der Waals surface area (Å²) >= 11 is 6.01. The predicted octanol–water partition coefficient (Wildman–Crippen LogP) is 2.85. The van der Waals surface area contributed by atoms with Crippen molar-refractivity contribution in [2.45, 2.75) is 24.5 Å². The third-order valence-electron chi connectivity index (χ3n) is 8.14. The number of aromatic carboxylic acids is 1. The molecule has 0 fully saturated rings. The summed E-state index contributed by atoms with van der Waals surface area (Å²) in [5.41, 5.74) is -0.495. The molecule has 70 heavy (non-hydrogen) atoms. The number of nitrogens with one attached hydrogen (secondary N) is 2. The Morgan fingerprint density at radius 3 is 1.70 bits per heavy atom. The zero-order valence-electron chi connectivity index (χ0n) is 33.3. The van der Waals surface area contributed by atoms with Crippen LogP contribution in [0.1, 0.15) is 15.9 Å². The van der Waals surface area contributed by atoms with Crippen molar-refractivity contribution in [3.8, 4) is 11.5 Å². The number of hydrogen-bond acceptors (Lipinski definition) is 23. The number of carbonyl (C=O) groups is 1. The number of carboxylic acid groups (broad SMARTS) is 1. The monoisotopic (exact) mass is 1160 g/mol. The zero-order valence-corrected chi connectivity index (χ0v) is 39.9. The molecule has 0 spiro atoms. The van der Waals surface area contributed by atoms with Crippen molar-refractivity contribution in [2.24, 2.45) is 15.3 Å². The van der Waals surface area contributed by atoms with Crippen LogP contribution in [-0.4, -0.2) is 128 Å². The molecule has 1 radical (unpaired) electrons. The second kappa shape index (κ2) is 21.1. The van der Waals surface area contributed by atoms with E-state index >= 15 is 0 Å². The minimum Gasteiger partial charge on any atom is -0.571 e. The largest absolute Gasteiger partial charge is 0.571 e. The Kier molecular flexibility index (Phi) is 17.0. The summed E-state index contributed by atoms with van der Waals surface area (Å²) in [6.45, 7) is -1.19. The fraction of sp³-hybridized carbons (Fsp3) is 0.0645. The van der Waals surface area contributed by atoms with Gasteiger partial charge >= 0.3 is 16.4 Å². The van der Waals surface area contributed by atoms with E-state index in [1.54, 1.807) is 0 Å². The fourth-order valence-corrected chi connectivity index (χ4v) is 8.99. The third-order valence-corrected chi connectivity index (χ3v) is 13.9. The number of anilines is 4. The first-order chi connectivity index (χ1) is 31.6. The van der Waals surface area contributed by atoms with Gasteiger partial charge in [0.1, 0.15) is 16.3 Å². The molecule has 0 bridgehead atoms. The van der Waals surface area contributed by atoms with E-state index in [-0.39, 0.29) is 28.7 Å². The maximum atomic E-state index is 13.0. The minimum atomic E-state index is -5.44. The maximum absolute atomic E-state index is 13.0. The number of sulfone groups is 1. The second-order valence-electron chi connectivity index (χ2n) is 12.9. The van der Waals surface area contributed by atoms with E-state index in [1.807, 2.05) is 0 Å². The molecule has 0 aliphatic rings. The summed E-state index contributed by atoms with van der Waals surface area (Å²) in [6.07, 6.45) is 0. The molecule has 1 heterocycles. The van der Waals surface area contributed by atoms with E-state index in [2.05, 4.69) is 50.5 Å². The average Bonchev–Trinajstić information content (AvgIpc) is 3.20. The van der Waals surface area contributed by atoms with Gasteiger partial charge in [-0.2, -0.15) is 57.0 Å². The molecular weight excluding hydrogens is 1140 g/mol. The smallest absolute Gasteiger partial charge is 0.397 e. The Balaban J connectivity index is 0.0000107. The van der Waals surface area contributed by atoms with Crippen LogP contribution in [0.4, 0.5) is 34.6 Å². The van der Waals surface area contributed by atoms with Gasteiger partial charge in [-0.15, -0.1) is 10.2 Å². The number of phenols is 2. The van der Waals surface area contributed by atoms with E-state index in [0.717, 1.165) is 36.4 Å². The van der Waals surface area contributed by atoms with Gasteiger partial charge in [0, 0.05) is 22.6 Å². The van der Waals surface area contributed by atoms with Crippen LogP contribution in [0.3, 0.4) is 0 Å². The Morgan fingerprint density at radius 2 is 1.19 bits per heavy atom. The number of rotatable bonds is 18. The van der Waals surface area contributed by atoms with Crippen LogP contribution >= 0.6 is 11.6 Å². The van der Waals surface area contributed by atoms with Crippen molar-refractivity contribution in [1.82, 2.24) is 15.0 Å². The van der Waals surface area contributed by atoms with E-state index in [4.69, 9.17) is 16.2 Å². The van der Waals surface area contributed by atoms with Crippen molar-refractivity contribution in [1.29, 1.82) is 0 Å². The second-order valence-corrected chi connectivity index (χ2v) is 22.1. The van der Waals surface area contributed by atoms with Crippen molar-refractivity contribution >= 4 is 119 Å². The molecule has 31 nitrogen and oxygen atoms in total. The molecule has 0 aliphatic heterocycles. The number of nitrogens with zero attached hydrogens (tertiary/aromatic N) is 7. The number of benzene rings is 4. The molecule has 1 aromatic heterocycles. The van der Waals surface area contributed by atoms with Crippen molar-refractivity contribution in [3.05, 3.63) is 88.6 Å². The fourth-order valence-electron chi connectivity index (χ4n) is 5.09. The standard InChI is InChI=1S/C31H26ClN9O22S6.Cu/c32-29-35-30(37-31(36-29)34-22-10-17(13-24(26(22)43)68(57,58)59)64(46,47)8-7-63-69(60,61)62)33-21-11-18(67(54,55)56)12-23(25(21)42)39-41-27(14-1-3-15(4-2-14)65(48,49)50)40-38-20-9-16(66(51,52)53)5-6-19(20)28(44)45;/h1-6,9-13H,7-8H2,(H11,33,34,35,36,37,38,39,40,41,42,43,44,45,48,49,50,51,52,53,54,55,56,57,58,59,60,61,62);/p-1. The van der Waals surface area contributed by atoms with E-state index in [0.29, 0.717) is 24.3 Å². The van der Waals surface area contributed by atoms with Crippen LogP contribution in [0.25, 0.3) is 5.43 Å². The topological polar surface area (TPSA) is 507 Å². The Morgan fingerprint density at radius 1 is 0.657 bits per heavy atom. The number of hydrogen-bond donors (Lipinski definition) is 10. The summed E-state index contributed by atoms with van der Waals surface area (Å²) in [5.74, 6) is -7.65. The predicted molar refractivity (Wildman–Crippen MR) is 230 cm³/mol. The molecule has 0 saturated heterocycles. The Hall–Kier alpha value is -6.10. The van der Waals surface area contributed by atoms with Crippen LogP contribution in [0.15, 0.2) is 107 Å². The van der Waals surface area contributed by atoms with Crippen LogP contribution in [0, 0.1) is 0 Å². The first-order valence-corrected chi connectivity index (χ1v) is 26.4. The quantitative estimate of drug-likeness (QED) is 0.0115. The first kappa shape index (κ1) is 56.5. The van der Waals surface area contributed by atoms with Crippen LogP contribution < -0.4 is 10.6 Å². The third kappa shape index (κ3) is 14.7. The Bertz CT molecular complexity index is 3680. The van der Waals surface area contributed by atoms with Crippen LogP contribution in [-0.2, 0) is 82.0 Å². The molecule has 5 aromatic rings. The molecule has 10 N–H and O–H groups in total. The number of carboxylic acids is 1. The van der Waals surface area contributed by atoms with Crippen molar-refractivity contribution in [3.63, 3.8) is 0 Å². The number of aromatic nitrogens is 3. The van der Waals surface area contributed by atoms with Crippen molar-refractivity contribution < 1.29 is 115 Å². The normalized spacial score (nSPS) is 12.9. The molecule has 4 aromatic carbocycles. The number of azo groups is 1. The van der Waals surface area contributed by atoms with Crippen LogP contribution in [0.5, 0.6) is 11.5 Å². The first-order valence-electron chi connectivity index (χ1n) is 17.2. The van der Waals surface area contributed by atoms with E-state index in [9.17, 15) is 88.8 Å². The van der Waals surface area contributed by atoms with Gasteiger partial charge in [-0.1, -0.05) is 11.8 Å². The molecule has 39 heteroatoms. The SMILES string of the molecule is O=C(O)c1ccc(S(=O)(=O)O)cc1N=NC(=N[N-]c1cc(S(=O)(=O)O)cc(Nc2nc(Cl)nc(Nc3cc(S(=O)(=O)CCOS(=O)(=O)O)cc(S(=O)(=O)O)c3O)n2)c1O)c1ccc(S(=O)(=O)O)cc1.[Cu]. The summed E-state index contributed by atoms with van der Waals surface area (Å²) in [6, 6.07) is 7.47. The summed E-state index contributed by atoms with van der Waals surface area (Å²) in [7, 11) is -30.3. The molecule has 0 aliphatic carbocycles. The van der Waals surface area contributed by atoms with Gasteiger partial charge < -0.3 is 36.5 Å². The van der Waals surface area contributed by atoms with Gasteiger partial charge in [-0.25, -0.2) is 17.4 Å². The number of halogens is 1. The number of phenolic OH excluding ortho intramolecular Hbond substituents is 2. The summed E-state index contributed by atoms with van der Waals surface area (Å²) in [4.78, 5) is 18.1. The molecule has 5 rings (SSSR count). The molecule has 0 unspecified atom stereocenters. The zero-order chi connectivity index (χ0) is 51.7. The molecule has 0 atom stereocenters. The molecule has 0 saturated carbocycles.